The van der Waals surface area contributed by atoms with Crippen LogP contribution in [0.1, 0.15) is 27.2 Å². The minimum absolute atomic E-state index is 0.0193. The van der Waals surface area contributed by atoms with Crippen LogP contribution in [0, 0.1) is 10.1 Å². The molecule has 1 aliphatic rings. The first-order valence-corrected chi connectivity index (χ1v) is 9.30. The molecule has 1 aliphatic carbocycles. The number of benzene rings is 1. The Hall–Kier alpha value is -2.65. The minimum Gasteiger partial charge on any atom is -0.465 e. The Kier molecular flexibility index (Phi) is 5.62. The van der Waals surface area contributed by atoms with E-state index in [2.05, 4.69) is 10.6 Å². The molecule has 0 fully saturated rings. The van der Waals surface area contributed by atoms with E-state index in [1.54, 1.807) is 6.07 Å². The first-order chi connectivity index (χ1) is 12.9. The molecule has 10 heteroatoms. The van der Waals surface area contributed by atoms with Crippen molar-refractivity contribution in [3.63, 3.8) is 0 Å². The van der Waals surface area contributed by atoms with Gasteiger partial charge in [-0.15, -0.1) is 11.3 Å². The number of hydrogen-bond donors (Lipinski definition) is 2. The quantitative estimate of drug-likeness (QED) is 0.428. The van der Waals surface area contributed by atoms with Gasteiger partial charge in [0.25, 0.3) is 5.69 Å². The van der Waals surface area contributed by atoms with E-state index in [4.69, 9.17) is 16.3 Å². The molecule has 0 bridgehead atoms. The number of amides is 1. The summed E-state index contributed by atoms with van der Waals surface area (Å²) in [4.78, 5) is 35.8. The van der Waals surface area contributed by atoms with Crippen LogP contribution in [0.25, 0.3) is 0 Å². The maximum atomic E-state index is 12.3. The summed E-state index contributed by atoms with van der Waals surface area (Å²) >= 11 is 7.15. The molecule has 1 aromatic heterocycles. The zero-order chi connectivity index (χ0) is 19.6. The van der Waals surface area contributed by atoms with Crippen molar-refractivity contribution < 1.29 is 19.2 Å². The number of fused-ring (bicyclic) bond motifs is 1. The summed E-state index contributed by atoms with van der Waals surface area (Å²) in [6, 6.07) is 4.19. The molecule has 1 heterocycles. The average molecular weight is 410 g/mol. The van der Waals surface area contributed by atoms with Gasteiger partial charge < -0.3 is 15.4 Å². The number of methoxy groups -OCH3 is 1. The van der Waals surface area contributed by atoms with Gasteiger partial charge in [-0.2, -0.15) is 0 Å². The van der Waals surface area contributed by atoms with Crippen molar-refractivity contribution in [3.8, 4) is 0 Å². The van der Waals surface area contributed by atoms with E-state index in [0.717, 1.165) is 29.7 Å². The van der Waals surface area contributed by atoms with Crippen LogP contribution in [0.4, 0.5) is 16.4 Å². The number of carbonyl (C=O) groups is 2. The topological polar surface area (TPSA) is 111 Å². The van der Waals surface area contributed by atoms with Crippen molar-refractivity contribution in [2.24, 2.45) is 0 Å². The third-order valence-electron chi connectivity index (χ3n) is 4.16. The maximum absolute atomic E-state index is 12.3. The summed E-state index contributed by atoms with van der Waals surface area (Å²) in [6.45, 7) is -0.123. The molecule has 0 aliphatic heterocycles. The van der Waals surface area contributed by atoms with Crippen LogP contribution in [0.3, 0.4) is 0 Å². The fourth-order valence-electron chi connectivity index (χ4n) is 2.93. The van der Waals surface area contributed by atoms with Gasteiger partial charge in [-0.3, -0.25) is 14.9 Å². The molecule has 0 atom stereocenters. The van der Waals surface area contributed by atoms with Gasteiger partial charge in [0, 0.05) is 16.6 Å². The number of nitro benzene ring substituents is 1. The van der Waals surface area contributed by atoms with Crippen molar-refractivity contribution in [1.82, 2.24) is 0 Å². The third kappa shape index (κ3) is 4.04. The Morgan fingerprint density at radius 2 is 2.15 bits per heavy atom. The van der Waals surface area contributed by atoms with E-state index < -0.39 is 10.9 Å². The molecule has 0 unspecified atom stereocenters. The van der Waals surface area contributed by atoms with Gasteiger partial charge in [-0.1, -0.05) is 11.6 Å². The van der Waals surface area contributed by atoms with Gasteiger partial charge in [0.05, 0.1) is 24.1 Å². The van der Waals surface area contributed by atoms with E-state index in [9.17, 15) is 19.7 Å². The number of halogens is 1. The molecule has 1 amide bonds. The van der Waals surface area contributed by atoms with Crippen LogP contribution in [-0.4, -0.2) is 30.5 Å². The molecule has 0 spiro atoms. The number of thiophene rings is 1. The normalized spacial score (nSPS) is 12.4. The standard InChI is InChI=1S/C17H16ClN3O5S/c1-26-17(23)15-10-3-2-4-13(10)27-16(15)20-14(22)8-19-9-5-6-11(18)12(7-9)21(24)25/h5-7,19H,2-4,8H2,1H3,(H,20,22). The van der Waals surface area contributed by atoms with Crippen LogP contribution in [0.2, 0.25) is 5.02 Å². The predicted molar refractivity (Wildman–Crippen MR) is 103 cm³/mol. The lowest BCUT2D eigenvalue weighted by Gasteiger charge is -2.09. The van der Waals surface area contributed by atoms with Crippen LogP contribution >= 0.6 is 22.9 Å². The summed E-state index contributed by atoms with van der Waals surface area (Å²) in [6.07, 6.45) is 2.65. The summed E-state index contributed by atoms with van der Waals surface area (Å²) in [5, 5.41) is 17.0. The van der Waals surface area contributed by atoms with Crippen LogP contribution in [0.5, 0.6) is 0 Å². The largest absolute Gasteiger partial charge is 0.465 e. The van der Waals surface area contributed by atoms with Gasteiger partial charge in [-0.25, -0.2) is 4.79 Å². The number of nitrogens with one attached hydrogen (secondary N) is 2. The second-order valence-corrected chi connectivity index (χ2v) is 7.39. The SMILES string of the molecule is COC(=O)c1c(NC(=O)CNc2ccc(Cl)c([N+](=O)[O-])c2)sc2c1CCC2. The van der Waals surface area contributed by atoms with E-state index in [1.165, 1.54) is 30.6 Å². The highest BCUT2D eigenvalue weighted by atomic mass is 35.5. The van der Waals surface area contributed by atoms with Crippen molar-refractivity contribution >= 4 is 51.2 Å². The monoisotopic (exact) mass is 409 g/mol. The highest BCUT2D eigenvalue weighted by Gasteiger charge is 2.28. The van der Waals surface area contributed by atoms with Crippen LogP contribution < -0.4 is 10.6 Å². The number of anilines is 2. The molecular weight excluding hydrogens is 394 g/mol. The second kappa shape index (κ2) is 7.93. The second-order valence-electron chi connectivity index (χ2n) is 5.88. The highest BCUT2D eigenvalue weighted by Crippen LogP contribution is 2.39. The Morgan fingerprint density at radius 3 is 2.85 bits per heavy atom. The number of esters is 1. The van der Waals surface area contributed by atoms with E-state index in [1.807, 2.05) is 0 Å². The molecular formula is C17H16ClN3O5S. The van der Waals surface area contributed by atoms with Crippen molar-refractivity contribution in [1.29, 1.82) is 0 Å². The fraction of sp³-hybridized carbons (Fsp3) is 0.294. The smallest absolute Gasteiger partial charge is 0.341 e. The van der Waals surface area contributed by atoms with Crippen molar-refractivity contribution in [2.45, 2.75) is 19.3 Å². The van der Waals surface area contributed by atoms with Crippen LogP contribution in [-0.2, 0) is 22.4 Å². The number of nitro groups is 1. The molecule has 142 valence electrons. The zero-order valence-electron chi connectivity index (χ0n) is 14.3. The maximum Gasteiger partial charge on any atom is 0.341 e. The molecule has 27 heavy (non-hydrogen) atoms. The molecule has 1 aromatic carbocycles. The van der Waals surface area contributed by atoms with Gasteiger partial charge in [-0.05, 0) is 37.0 Å². The summed E-state index contributed by atoms with van der Waals surface area (Å²) in [5.74, 6) is -0.844. The zero-order valence-corrected chi connectivity index (χ0v) is 15.9. The molecule has 0 saturated carbocycles. The lowest BCUT2D eigenvalue weighted by molar-refractivity contribution is -0.384. The van der Waals surface area contributed by atoms with Crippen molar-refractivity contribution in [3.05, 3.63) is 49.3 Å². The number of hydrogen-bond acceptors (Lipinski definition) is 7. The first-order valence-electron chi connectivity index (χ1n) is 8.11. The van der Waals surface area contributed by atoms with E-state index in [0.29, 0.717) is 16.3 Å². The molecule has 0 radical (unpaired) electrons. The third-order valence-corrected chi connectivity index (χ3v) is 5.69. The lowest BCUT2D eigenvalue weighted by atomic mass is 10.1. The first kappa shape index (κ1) is 19.1. The van der Waals surface area contributed by atoms with E-state index in [-0.39, 0.29) is 23.2 Å². The molecule has 8 nitrogen and oxygen atoms in total. The predicted octanol–water partition coefficient (Wildman–Crippen LogP) is 3.64. The number of carbonyl (C=O) groups excluding carboxylic acids is 2. The number of nitrogens with zero attached hydrogens (tertiary/aromatic N) is 1. The van der Waals surface area contributed by atoms with E-state index >= 15 is 0 Å². The average Bonchev–Trinajstić information content (AvgIpc) is 3.20. The minimum atomic E-state index is -0.594. The Labute approximate surface area is 163 Å². The number of rotatable bonds is 6. The molecule has 3 rings (SSSR count). The summed E-state index contributed by atoms with van der Waals surface area (Å²) in [7, 11) is 1.31. The summed E-state index contributed by atoms with van der Waals surface area (Å²) < 4.78 is 4.84. The summed E-state index contributed by atoms with van der Waals surface area (Å²) in [5.41, 5.74) is 1.52. The molecule has 0 saturated heterocycles. The fourth-order valence-corrected chi connectivity index (χ4v) is 4.41. The highest BCUT2D eigenvalue weighted by molar-refractivity contribution is 7.17. The Bertz CT molecular complexity index is 928. The Morgan fingerprint density at radius 1 is 1.37 bits per heavy atom. The van der Waals surface area contributed by atoms with Crippen LogP contribution in [0.15, 0.2) is 18.2 Å². The molecule has 2 N–H and O–H groups in total. The number of aryl methyl sites for hydroxylation is 1. The Balaban J connectivity index is 1.70. The lowest BCUT2D eigenvalue weighted by Crippen LogP contribution is -2.22. The van der Waals surface area contributed by atoms with Gasteiger partial charge in [0.2, 0.25) is 5.91 Å². The number of ether oxygens (including phenoxy) is 1. The van der Waals surface area contributed by atoms with Gasteiger partial charge in [0.15, 0.2) is 0 Å². The van der Waals surface area contributed by atoms with Crippen molar-refractivity contribution in [2.75, 3.05) is 24.3 Å². The molecule has 2 aromatic rings. The van der Waals surface area contributed by atoms with Gasteiger partial charge in [0.1, 0.15) is 10.0 Å². The van der Waals surface area contributed by atoms with Gasteiger partial charge >= 0.3 is 5.97 Å².